The van der Waals surface area contributed by atoms with Gasteiger partial charge in [-0.05, 0) is 48.9 Å². The van der Waals surface area contributed by atoms with Crippen LogP contribution in [0.2, 0.25) is 5.02 Å². The van der Waals surface area contributed by atoms with Gasteiger partial charge in [-0.2, -0.15) is 0 Å². The fraction of sp³-hybridized carbons (Fsp3) is 0.0741. The average Bonchev–Trinajstić information content (AvgIpc) is 2.83. The molecule has 7 heteroatoms. The highest BCUT2D eigenvalue weighted by molar-refractivity contribution is 7.92. The number of nitrogens with one attached hydrogen (secondary N) is 1. The van der Waals surface area contributed by atoms with Crippen molar-refractivity contribution in [2.75, 3.05) is 16.2 Å². The maximum absolute atomic E-state index is 13.5. The Morgan fingerprint density at radius 3 is 2.24 bits per heavy atom. The van der Waals surface area contributed by atoms with Crippen molar-refractivity contribution in [1.82, 2.24) is 0 Å². The van der Waals surface area contributed by atoms with Crippen molar-refractivity contribution < 1.29 is 13.2 Å². The zero-order valence-electron chi connectivity index (χ0n) is 18.5. The second-order valence-electron chi connectivity index (χ2n) is 7.76. The summed E-state index contributed by atoms with van der Waals surface area (Å²) in [5, 5.41) is 3.25. The predicted octanol–water partition coefficient (Wildman–Crippen LogP) is 6.15. The first-order chi connectivity index (χ1) is 16.3. The summed E-state index contributed by atoms with van der Waals surface area (Å²) in [5.41, 5.74) is 3.62. The Bertz CT molecular complexity index is 1410. The van der Waals surface area contributed by atoms with Gasteiger partial charge in [-0.1, -0.05) is 83.9 Å². The van der Waals surface area contributed by atoms with E-state index < -0.39 is 22.5 Å². The van der Waals surface area contributed by atoms with E-state index in [4.69, 9.17) is 11.6 Å². The number of carbonyl (C=O) groups is 1. The van der Waals surface area contributed by atoms with E-state index in [1.165, 1.54) is 18.2 Å². The summed E-state index contributed by atoms with van der Waals surface area (Å²) in [7, 11) is -4.02. The molecule has 0 aromatic heterocycles. The lowest BCUT2D eigenvalue weighted by molar-refractivity contribution is -0.114. The SMILES string of the molecule is Cc1ccc(S(=O)(=O)N(CC(=O)Nc2ccccc2-c2ccccc2)c2cccc(Cl)c2)cc1. The summed E-state index contributed by atoms with van der Waals surface area (Å²) in [5.74, 6) is -0.473. The minimum atomic E-state index is -4.02. The van der Waals surface area contributed by atoms with Crippen LogP contribution < -0.4 is 9.62 Å². The predicted molar refractivity (Wildman–Crippen MR) is 138 cm³/mol. The van der Waals surface area contributed by atoms with E-state index in [1.807, 2.05) is 55.5 Å². The highest BCUT2D eigenvalue weighted by atomic mass is 35.5. The smallest absolute Gasteiger partial charge is 0.264 e. The van der Waals surface area contributed by atoms with E-state index in [2.05, 4.69) is 5.32 Å². The Morgan fingerprint density at radius 2 is 1.53 bits per heavy atom. The number of hydrogen-bond acceptors (Lipinski definition) is 3. The molecule has 172 valence electrons. The fourth-order valence-corrected chi connectivity index (χ4v) is 5.16. The molecule has 0 aliphatic heterocycles. The van der Waals surface area contributed by atoms with Crippen molar-refractivity contribution in [3.8, 4) is 11.1 Å². The third-order valence-electron chi connectivity index (χ3n) is 5.28. The van der Waals surface area contributed by atoms with Crippen LogP contribution in [0.5, 0.6) is 0 Å². The Labute approximate surface area is 204 Å². The van der Waals surface area contributed by atoms with Crippen LogP contribution in [0.15, 0.2) is 108 Å². The van der Waals surface area contributed by atoms with Gasteiger partial charge in [-0.25, -0.2) is 8.42 Å². The minimum absolute atomic E-state index is 0.0931. The van der Waals surface area contributed by atoms with Crippen LogP contribution in [0.1, 0.15) is 5.56 Å². The van der Waals surface area contributed by atoms with Crippen molar-refractivity contribution in [2.24, 2.45) is 0 Å². The van der Waals surface area contributed by atoms with Gasteiger partial charge in [-0.3, -0.25) is 9.10 Å². The number of amides is 1. The largest absolute Gasteiger partial charge is 0.324 e. The molecule has 0 atom stereocenters. The molecule has 0 fully saturated rings. The van der Waals surface area contributed by atoms with Gasteiger partial charge in [-0.15, -0.1) is 0 Å². The third-order valence-corrected chi connectivity index (χ3v) is 7.30. The normalized spacial score (nSPS) is 11.1. The van der Waals surface area contributed by atoms with Gasteiger partial charge in [0.05, 0.1) is 10.6 Å². The van der Waals surface area contributed by atoms with Crippen LogP contribution in [0, 0.1) is 6.92 Å². The zero-order valence-corrected chi connectivity index (χ0v) is 20.1. The number of anilines is 2. The molecule has 4 rings (SSSR count). The van der Waals surface area contributed by atoms with Crippen LogP contribution in [0.3, 0.4) is 0 Å². The molecule has 0 saturated heterocycles. The van der Waals surface area contributed by atoms with Crippen LogP contribution in [0.4, 0.5) is 11.4 Å². The minimum Gasteiger partial charge on any atom is -0.324 e. The van der Waals surface area contributed by atoms with E-state index in [0.717, 1.165) is 21.0 Å². The monoisotopic (exact) mass is 490 g/mol. The van der Waals surface area contributed by atoms with Crippen molar-refractivity contribution >= 4 is 38.9 Å². The number of halogens is 1. The van der Waals surface area contributed by atoms with Gasteiger partial charge < -0.3 is 5.32 Å². The van der Waals surface area contributed by atoms with Crippen LogP contribution >= 0.6 is 11.6 Å². The van der Waals surface area contributed by atoms with Crippen LogP contribution in [0.25, 0.3) is 11.1 Å². The third kappa shape index (κ3) is 5.30. The molecule has 4 aromatic carbocycles. The highest BCUT2D eigenvalue weighted by Crippen LogP contribution is 2.29. The molecule has 0 saturated carbocycles. The summed E-state index contributed by atoms with van der Waals surface area (Å²) < 4.78 is 28.1. The van der Waals surface area contributed by atoms with Gasteiger partial charge in [0.2, 0.25) is 5.91 Å². The Kier molecular flexibility index (Phi) is 7.01. The molecule has 1 amide bonds. The maximum Gasteiger partial charge on any atom is 0.264 e. The number of sulfonamides is 1. The van der Waals surface area contributed by atoms with Crippen molar-refractivity contribution in [2.45, 2.75) is 11.8 Å². The Morgan fingerprint density at radius 1 is 0.853 bits per heavy atom. The van der Waals surface area contributed by atoms with Gasteiger partial charge in [0.1, 0.15) is 6.54 Å². The molecular formula is C27H23ClN2O3S. The van der Waals surface area contributed by atoms with Gasteiger partial charge in [0.15, 0.2) is 0 Å². The molecule has 0 bridgehead atoms. The first kappa shape index (κ1) is 23.5. The number of aryl methyl sites for hydroxylation is 1. The maximum atomic E-state index is 13.5. The topological polar surface area (TPSA) is 66.5 Å². The summed E-state index contributed by atoms with van der Waals surface area (Å²) in [6.45, 7) is 1.46. The molecule has 0 unspecified atom stereocenters. The molecule has 0 spiro atoms. The molecule has 1 N–H and O–H groups in total. The fourth-order valence-electron chi connectivity index (χ4n) is 3.57. The van der Waals surface area contributed by atoms with Crippen molar-refractivity contribution in [3.63, 3.8) is 0 Å². The van der Waals surface area contributed by atoms with Gasteiger partial charge in [0.25, 0.3) is 10.0 Å². The average molecular weight is 491 g/mol. The molecule has 34 heavy (non-hydrogen) atoms. The molecule has 0 aliphatic carbocycles. The standard InChI is InChI=1S/C27H23ClN2O3S/c1-20-14-16-24(17-15-20)34(32,33)30(23-11-7-10-22(28)18-23)19-27(31)29-26-13-6-5-12-25(26)21-8-3-2-4-9-21/h2-18H,19H2,1H3,(H,29,31). The number of nitrogens with zero attached hydrogens (tertiary/aromatic N) is 1. The summed E-state index contributed by atoms with van der Waals surface area (Å²) in [6.07, 6.45) is 0. The molecule has 0 aliphatic rings. The zero-order chi connectivity index (χ0) is 24.1. The Balaban J connectivity index is 1.67. The number of rotatable bonds is 7. The number of para-hydroxylation sites is 1. The first-order valence-corrected chi connectivity index (χ1v) is 12.5. The quantitative estimate of drug-likeness (QED) is 0.338. The van der Waals surface area contributed by atoms with Gasteiger partial charge >= 0.3 is 0 Å². The van der Waals surface area contributed by atoms with Crippen LogP contribution in [-0.2, 0) is 14.8 Å². The lowest BCUT2D eigenvalue weighted by Gasteiger charge is -2.24. The second-order valence-corrected chi connectivity index (χ2v) is 10.1. The van der Waals surface area contributed by atoms with E-state index in [0.29, 0.717) is 16.4 Å². The highest BCUT2D eigenvalue weighted by Gasteiger charge is 2.27. The van der Waals surface area contributed by atoms with E-state index in [-0.39, 0.29) is 4.90 Å². The van der Waals surface area contributed by atoms with E-state index in [9.17, 15) is 13.2 Å². The molecule has 5 nitrogen and oxygen atoms in total. The molecule has 0 radical (unpaired) electrons. The number of benzene rings is 4. The van der Waals surface area contributed by atoms with Gasteiger partial charge in [0, 0.05) is 16.3 Å². The second kappa shape index (κ2) is 10.1. The molecule has 4 aromatic rings. The lowest BCUT2D eigenvalue weighted by atomic mass is 10.0. The molecular weight excluding hydrogens is 468 g/mol. The van der Waals surface area contributed by atoms with E-state index >= 15 is 0 Å². The number of hydrogen-bond donors (Lipinski definition) is 1. The Hall–Kier alpha value is -3.61. The first-order valence-electron chi connectivity index (χ1n) is 10.6. The summed E-state index contributed by atoms with van der Waals surface area (Å²) in [4.78, 5) is 13.2. The van der Waals surface area contributed by atoms with Crippen molar-refractivity contribution in [1.29, 1.82) is 0 Å². The van der Waals surface area contributed by atoms with E-state index in [1.54, 1.807) is 36.4 Å². The number of carbonyl (C=O) groups excluding carboxylic acids is 1. The summed E-state index contributed by atoms with van der Waals surface area (Å²) in [6, 6.07) is 30.0. The van der Waals surface area contributed by atoms with Crippen molar-refractivity contribution in [3.05, 3.63) is 114 Å². The molecule has 0 heterocycles. The lowest BCUT2D eigenvalue weighted by Crippen LogP contribution is -2.38. The van der Waals surface area contributed by atoms with Crippen LogP contribution in [-0.4, -0.2) is 20.9 Å². The summed E-state index contributed by atoms with van der Waals surface area (Å²) >= 11 is 6.14.